The van der Waals surface area contributed by atoms with Crippen molar-refractivity contribution in [1.29, 1.82) is 0 Å². The van der Waals surface area contributed by atoms with Crippen molar-refractivity contribution in [2.75, 3.05) is 0 Å². The second kappa shape index (κ2) is 8.86. The monoisotopic (exact) mass is 345 g/mol. The molecule has 0 aliphatic carbocycles. The molecule has 0 unspecified atom stereocenters. The first-order chi connectivity index (χ1) is 12.7. The van der Waals surface area contributed by atoms with Crippen LogP contribution in [0, 0.1) is 0 Å². The Balaban J connectivity index is 1.69. The van der Waals surface area contributed by atoms with E-state index >= 15 is 0 Å². The summed E-state index contributed by atoms with van der Waals surface area (Å²) in [6, 6.07) is 23.7. The van der Waals surface area contributed by atoms with E-state index in [1.54, 1.807) is 12.3 Å². The molecule has 1 atom stereocenters. The van der Waals surface area contributed by atoms with Crippen LogP contribution in [0.25, 0.3) is 11.6 Å². The van der Waals surface area contributed by atoms with E-state index in [4.69, 9.17) is 4.42 Å². The number of aryl methyl sites for hydroxylation is 1. The lowest BCUT2D eigenvalue weighted by Gasteiger charge is -2.16. The van der Waals surface area contributed by atoms with Gasteiger partial charge in [-0.25, -0.2) is 0 Å². The summed E-state index contributed by atoms with van der Waals surface area (Å²) in [6.45, 7) is 2.04. The van der Waals surface area contributed by atoms with Crippen LogP contribution in [0.4, 0.5) is 0 Å². The molecule has 1 amide bonds. The zero-order chi connectivity index (χ0) is 18.2. The molecule has 1 aromatic heterocycles. The molecule has 1 N–H and O–H groups in total. The van der Waals surface area contributed by atoms with Gasteiger partial charge in [-0.2, -0.15) is 0 Å². The minimum atomic E-state index is -0.0897. The number of nitrogens with one attached hydrogen (secondary N) is 1. The average molecular weight is 345 g/mol. The molecule has 0 aliphatic heterocycles. The van der Waals surface area contributed by atoms with Crippen LogP contribution in [0.2, 0.25) is 0 Å². The molecule has 3 rings (SSSR count). The summed E-state index contributed by atoms with van der Waals surface area (Å²) in [6.07, 6.45) is 5.22. The minimum Gasteiger partial charge on any atom is -0.465 e. The molecule has 0 saturated carbocycles. The first-order valence-corrected chi connectivity index (χ1v) is 8.88. The average Bonchev–Trinajstić information content (AvgIpc) is 3.19. The predicted molar refractivity (Wildman–Crippen MR) is 105 cm³/mol. The fourth-order valence-electron chi connectivity index (χ4n) is 2.81. The molecule has 1 heterocycles. The molecule has 132 valence electrons. The van der Waals surface area contributed by atoms with Crippen LogP contribution in [0.15, 0.2) is 83.5 Å². The number of benzene rings is 2. The largest absolute Gasteiger partial charge is 0.465 e. The van der Waals surface area contributed by atoms with Crippen LogP contribution in [0.5, 0.6) is 0 Å². The Bertz CT molecular complexity index is 836. The number of amides is 1. The second-order valence-electron chi connectivity index (χ2n) is 6.34. The quantitative estimate of drug-likeness (QED) is 0.615. The van der Waals surface area contributed by atoms with Crippen LogP contribution >= 0.6 is 0 Å². The number of hydrogen-bond acceptors (Lipinski definition) is 2. The van der Waals surface area contributed by atoms with E-state index in [1.165, 1.54) is 5.56 Å². The minimum absolute atomic E-state index is 0.0754. The summed E-state index contributed by atoms with van der Waals surface area (Å²) in [5.41, 5.74) is 2.76. The Morgan fingerprint density at radius 1 is 1.00 bits per heavy atom. The van der Waals surface area contributed by atoms with E-state index in [2.05, 4.69) is 17.4 Å². The SMILES string of the molecule is C[C@H](CCc1ccccc1)NC(=O)/C(=C/c1ccco1)c1ccccc1. The maximum Gasteiger partial charge on any atom is 0.252 e. The molecule has 3 nitrogen and oxygen atoms in total. The molecule has 0 bridgehead atoms. The highest BCUT2D eigenvalue weighted by molar-refractivity contribution is 6.24. The van der Waals surface area contributed by atoms with Crippen LogP contribution < -0.4 is 5.32 Å². The van der Waals surface area contributed by atoms with Crippen molar-refractivity contribution >= 4 is 17.6 Å². The van der Waals surface area contributed by atoms with E-state index in [1.807, 2.05) is 67.6 Å². The maximum absolute atomic E-state index is 12.9. The summed E-state index contributed by atoms with van der Waals surface area (Å²) in [5.74, 6) is 0.573. The third-order valence-electron chi connectivity index (χ3n) is 4.25. The van der Waals surface area contributed by atoms with Gasteiger partial charge in [0.15, 0.2) is 0 Å². The van der Waals surface area contributed by atoms with Gasteiger partial charge in [-0.1, -0.05) is 60.7 Å². The van der Waals surface area contributed by atoms with E-state index < -0.39 is 0 Å². The van der Waals surface area contributed by atoms with E-state index in [0.29, 0.717) is 11.3 Å². The molecule has 3 aromatic rings. The second-order valence-corrected chi connectivity index (χ2v) is 6.34. The Morgan fingerprint density at radius 2 is 1.69 bits per heavy atom. The number of furan rings is 1. The van der Waals surface area contributed by atoms with E-state index in [9.17, 15) is 4.79 Å². The third kappa shape index (κ3) is 4.96. The van der Waals surface area contributed by atoms with Crippen LogP contribution in [-0.2, 0) is 11.2 Å². The van der Waals surface area contributed by atoms with Crippen LogP contribution in [0.3, 0.4) is 0 Å². The number of rotatable bonds is 7. The fraction of sp³-hybridized carbons (Fsp3) is 0.174. The number of hydrogen-bond donors (Lipinski definition) is 1. The first-order valence-electron chi connectivity index (χ1n) is 8.88. The molecule has 0 saturated heterocycles. The van der Waals surface area contributed by atoms with Crippen molar-refractivity contribution in [3.05, 3.63) is 95.9 Å². The number of carbonyl (C=O) groups excluding carboxylic acids is 1. The van der Waals surface area contributed by atoms with Gasteiger partial charge in [0.25, 0.3) is 5.91 Å². The maximum atomic E-state index is 12.9. The van der Waals surface area contributed by atoms with Gasteiger partial charge in [0.1, 0.15) is 5.76 Å². The Morgan fingerprint density at radius 3 is 2.35 bits per heavy atom. The van der Waals surface area contributed by atoms with Gasteiger partial charge in [-0.05, 0) is 49.1 Å². The van der Waals surface area contributed by atoms with Gasteiger partial charge in [-0.15, -0.1) is 0 Å². The summed E-state index contributed by atoms with van der Waals surface area (Å²) >= 11 is 0. The molecule has 2 aromatic carbocycles. The summed E-state index contributed by atoms with van der Waals surface area (Å²) in [7, 11) is 0. The predicted octanol–water partition coefficient (Wildman–Crippen LogP) is 4.96. The topological polar surface area (TPSA) is 42.2 Å². The Hall–Kier alpha value is -3.07. The highest BCUT2D eigenvalue weighted by Gasteiger charge is 2.15. The molecule has 0 spiro atoms. The van der Waals surface area contributed by atoms with Gasteiger partial charge >= 0.3 is 0 Å². The zero-order valence-corrected chi connectivity index (χ0v) is 14.9. The lowest BCUT2D eigenvalue weighted by molar-refractivity contribution is -0.116. The lowest BCUT2D eigenvalue weighted by Crippen LogP contribution is -2.33. The van der Waals surface area contributed by atoms with Crippen molar-refractivity contribution in [3.8, 4) is 0 Å². The van der Waals surface area contributed by atoms with Crippen LogP contribution in [-0.4, -0.2) is 11.9 Å². The third-order valence-corrected chi connectivity index (χ3v) is 4.25. The van der Waals surface area contributed by atoms with Crippen LogP contribution in [0.1, 0.15) is 30.2 Å². The molecule has 3 heteroatoms. The Kier molecular flexibility index (Phi) is 6.05. The van der Waals surface area contributed by atoms with Gasteiger partial charge < -0.3 is 9.73 Å². The van der Waals surface area contributed by atoms with Crippen molar-refractivity contribution in [3.63, 3.8) is 0 Å². The Labute approximate surface area is 154 Å². The summed E-state index contributed by atoms with van der Waals surface area (Å²) in [4.78, 5) is 12.9. The molecular formula is C23H23NO2. The molecule has 0 fully saturated rings. The van der Waals surface area contributed by atoms with E-state index in [-0.39, 0.29) is 11.9 Å². The highest BCUT2D eigenvalue weighted by Crippen LogP contribution is 2.19. The lowest BCUT2D eigenvalue weighted by atomic mass is 10.0. The van der Waals surface area contributed by atoms with Gasteiger partial charge in [0.2, 0.25) is 0 Å². The van der Waals surface area contributed by atoms with Gasteiger partial charge in [-0.3, -0.25) is 4.79 Å². The van der Waals surface area contributed by atoms with Gasteiger partial charge in [0, 0.05) is 6.04 Å². The standard InChI is InChI=1S/C23H23NO2/c1-18(14-15-19-9-4-2-5-10-19)24-23(25)22(17-21-13-8-16-26-21)20-11-6-3-7-12-20/h2-13,16-18H,14-15H2,1H3,(H,24,25)/b22-17+/t18-/m1/s1. The molecule has 0 radical (unpaired) electrons. The summed E-state index contributed by atoms with van der Waals surface area (Å²) in [5, 5.41) is 3.11. The zero-order valence-electron chi connectivity index (χ0n) is 14.9. The normalized spacial score (nSPS) is 12.6. The smallest absolute Gasteiger partial charge is 0.252 e. The first kappa shape index (κ1) is 17.7. The fourth-order valence-corrected chi connectivity index (χ4v) is 2.81. The highest BCUT2D eigenvalue weighted by atomic mass is 16.3. The summed E-state index contributed by atoms with van der Waals surface area (Å²) < 4.78 is 5.39. The van der Waals surface area contributed by atoms with Gasteiger partial charge in [0.05, 0.1) is 11.8 Å². The number of carbonyl (C=O) groups is 1. The van der Waals surface area contributed by atoms with Crippen molar-refractivity contribution < 1.29 is 9.21 Å². The van der Waals surface area contributed by atoms with Crippen molar-refractivity contribution in [1.82, 2.24) is 5.32 Å². The molecule has 26 heavy (non-hydrogen) atoms. The van der Waals surface area contributed by atoms with E-state index in [0.717, 1.165) is 18.4 Å². The molecule has 0 aliphatic rings. The van der Waals surface area contributed by atoms with Crippen molar-refractivity contribution in [2.45, 2.75) is 25.8 Å². The van der Waals surface area contributed by atoms with Crippen molar-refractivity contribution in [2.24, 2.45) is 0 Å². The molecular weight excluding hydrogens is 322 g/mol.